The Hall–Kier alpha value is -1.93. The number of nitrogens with one attached hydrogen (secondary N) is 1. The number of sulfonamides is 1. The van der Waals surface area contributed by atoms with Gasteiger partial charge in [-0.1, -0.05) is 12.1 Å². The van der Waals surface area contributed by atoms with E-state index in [1.54, 1.807) is 12.1 Å². The Balaban J connectivity index is 2.04. The molecule has 0 aliphatic carbocycles. The number of amides is 2. The van der Waals surface area contributed by atoms with Gasteiger partial charge in [-0.25, -0.2) is 18.2 Å². The number of rotatable bonds is 5. The van der Waals surface area contributed by atoms with Gasteiger partial charge in [-0.3, -0.25) is 14.8 Å². The summed E-state index contributed by atoms with van der Waals surface area (Å²) in [6.07, 6.45) is 0.805. The summed E-state index contributed by atoms with van der Waals surface area (Å²) in [6, 6.07) is 6.07. The van der Waals surface area contributed by atoms with Crippen LogP contribution in [-0.2, 0) is 14.8 Å². The number of hydrogen-bond donors (Lipinski definition) is 2. The van der Waals surface area contributed by atoms with Crippen molar-refractivity contribution in [3.8, 4) is 0 Å². The maximum absolute atomic E-state index is 12.2. The lowest BCUT2D eigenvalue weighted by Crippen LogP contribution is -2.31. The lowest BCUT2D eigenvalue weighted by atomic mass is 10.2. The molecule has 1 aromatic rings. The van der Waals surface area contributed by atoms with E-state index in [4.69, 9.17) is 5.21 Å². The third kappa shape index (κ3) is 2.52. The van der Waals surface area contributed by atoms with Crippen molar-refractivity contribution in [1.29, 1.82) is 0 Å². The van der Waals surface area contributed by atoms with E-state index in [0.29, 0.717) is 12.8 Å². The van der Waals surface area contributed by atoms with E-state index in [0.717, 1.165) is 4.31 Å². The molecule has 0 saturated heterocycles. The third-order valence-electron chi connectivity index (χ3n) is 3.05. The van der Waals surface area contributed by atoms with Gasteiger partial charge in [0.05, 0.1) is 5.56 Å². The van der Waals surface area contributed by atoms with E-state index in [-0.39, 0.29) is 23.4 Å². The summed E-state index contributed by atoms with van der Waals surface area (Å²) in [6.45, 7) is 0.0224. The Labute approximate surface area is 116 Å². The van der Waals surface area contributed by atoms with Crippen LogP contribution in [0.4, 0.5) is 0 Å². The van der Waals surface area contributed by atoms with Gasteiger partial charge in [0.1, 0.15) is 4.90 Å². The van der Waals surface area contributed by atoms with Gasteiger partial charge in [0.15, 0.2) is 0 Å². The van der Waals surface area contributed by atoms with Crippen LogP contribution in [0.15, 0.2) is 29.2 Å². The third-order valence-corrected chi connectivity index (χ3v) is 4.89. The highest BCUT2D eigenvalue weighted by molar-refractivity contribution is 7.90. The molecule has 7 nitrogen and oxygen atoms in total. The molecule has 0 aromatic heterocycles. The highest BCUT2D eigenvalue weighted by Gasteiger charge is 2.40. The number of nitrogens with zero attached hydrogens (tertiary/aromatic N) is 1. The summed E-state index contributed by atoms with van der Waals surface area (Å²) < 4.78 is 25.2. The molecular formula is C12H14N2O5S. The second kappa shape index (κ2) is 5.59. The average molecular weight is 298 g/mol. The number of hydrogen-bond acceptors (Lipinski definition) is 5. The lowest BCUT2D eigenvalue weighted by molar-refractivity contribution is -0.129. The topological polar surface area (TPSA) is 104 Å². The van der Waals surface area contributed by atoms with Crippen molar-refractivity contribution < 1.29 is 23.2 Å². The van der Waals surface area contributed by atoms with Crippen molar-refractivity contribution >= 4 is 21.8 Å². The summed E-state index contributed by atoms with van der Waals surface area (Å²) in [7, 11) is -3.77. The average Bonchev–Trinajstić information content (AvgIpc) is 2.64. The number of hydroxylamine groups is 1. The van der Waals surface area contributed by atoms with Gasteiger partial charge in [-0.15, -0.1) is 0 Å². The first-order valence-electron chi connectivity index (χ1n) is 6.07. The number of carbonyl (C=O) groups excluding carboxylic acids is 2. The molecule has 2 rings (SSSR count). The van der Waals surface area contributed by atoms with Gasteiger partial charge < -0.3 is 0 Å². The first-order valence-corrected chi connectivity index (χ1v) is 7.51. The van der Waals surface area contributed by atoms with E-state index >= 15 is 0 Å². The molecule has 0 spiro atoms. The van der Waals surface area contributed by atoms with Crippen LogP contribution in [0.25, 0.3) is 0 Å². The van der Waals surface area contributed by atoms with Crippen LogP contribution >= 0.6 is 0 Å². The molecule has 1 aliphatic heterocycles. The van der Waals surface area contributed by atoms with Gasteiger partial charge in [0.25, 0.3) is 15.9 Å². The standard InChI is InChI=1S/C12H14N2O5S/c15-11(13-17)7-3-4-8-14-12(16)9-5-1-2-6-10(9)20(14,18)19/h1-2,5-6,17H,3-4,7-8H2,(H,13,15). The predicted molar refractivity (Wildman–Crippen MR) is 68.4 cm³/mol. The molecule has 0 radical (unpaired) electrons. The molecular weight excluding hydrogens is 284 g/mol. The van der Waals surface area contributed by atoms with Gasteiger partial charge in [-0.05, 0) is 25.0 Å². The van der Waals surface area contributed by atoms with Gasteiger partial charge >= 0.3 is 0 Å². The fourth-order valence-corrected chi connectivity index (χ4v) is 3.66. The molecule has 1 aromatic carbocycles. The predicted octanol–water partition coefficient (Wildman–Crippen LogP) is 0.507. The van der Waals surface area contributed by atoms with Crippen molar-refractivity contribution in [3.05, 3.63) is 29.8 Å². The van der Waals surface area contributed by atoms with Crippen molar-refractivity contribution in [2.75, 3.05) is 6.54 Å². The number of carbonyl (C=O) groups is 2. The first kappa shape index (κ1) is 14.5. The van der Waals surface area contributed by atoms with Crippen LogP contribution in [0.3, 0.4) is 0 Å². The van der Waals surface area contributed by atoms with E-state index in [9.17, 15) is 18.0 Å². The summed E-state index contributed by atoms with van der Waals surface area (Å²) >= 11 is 0. The van der Waals surface area contributed by atoms with Crippen molar-refractivity contribution in [1.82, 2.24) is 9.79 Å². The number of fused-ring (bicyclic) bond motifs is 1. The molecule has 2 amide bonds. The Bertz CT molecular complexity index is 641. The maximum Gasteiger partial charge on any atom is 0.269 e. The molecule has 0 unspecified atom stereocenters. The first-order chi connectivity index (χ1) is 9.48. The Morgan fingerprint density at radius 1 is 1.25 bits per heavy atom. The molecule has 1 heterocycles. The monoisotopic (exact) mass is 298 g/mol. The van der Waals surface area contributed by atoms with Crippen LogP contribution in [0.1, 0.15) is 29.6 Å². The molecule has 2 N–H and O–H groups in total. The second-order valence-corrected chi connectivity index (χ2v) is 6.20. The Kier molecular flexibility index (Phi) is 4.05. The zero-order valence-electron chi connectivity index (χ0n) is 10.6. The minimum atomic E-state index is -3.77. The van der Waals surface area contributed by atoms with E-state index in [1.165, 1.54) is 17.6 Å². The van der Waals surface area contributed by atoms with Crippen LogP contribution in [-0.4, -0.2) is 36.3 Å². The normalized spacial score (nSPS) is 16.1. The minimum Gasteiger partial charge on any atom is -0.289 e. The SMILES string of the molecule is O=C(CCCCN1C(=O)c2ccccc2S1(=O)=O)NO. The molecule has 0 fully saturated rings. The lowest BCUT2D eigenvalue weighted by Gasteiger charge is -2.14. The molecule has 0 bridgehead atoms. The highest BCUT2D eigenvalue weighted by Crippen LogP contribution is 2.29. The summed E-state index contributed by atoms with van der Waals surface area (Å²) in [4.78, 5) is 22.9. The smallest absolute Gasteiger partial charge is 0.269 e. The molecule has 8 heteroatoms. The van der Waals surface area contributed by atoms with E-state index in [1.807, 2.05) is 0 Å². The van der Waals surface area contributed by atoms with Crippen LogP contribution in [0, 0.1) is 0 Å². The van der Waals surface area contributed by atoms with Crippen LogP contribution in [0.5, 0.6) is 0 Å². The zero-order chi connectivity index (χ0) is 14.8. The van der Waals surface area contributed by atoms with Crippen LogP contribution in [0.2, 0.25) is 0 Å². The minimum absolute atomic E-state index is 0.0224. The van der Waals surface area contributed by atoms with Gasteiger partial charge in [0.2, 0.25) is 5.91 Å². The van der Waals surface area contributed by atoms with Gasteiger partial charge in [0, 0.05) is 13.0 Å². The summed E-state index contributed by atoms with van der Waals surface area (Å²) in [5.74, 6) is -1.07. The number of unbranched alkanes of at least 4 members (excludes halogenated alkanes) is 1. The number of benzene rings is 1. The Morgan fingerprint density at radius 2 is 1.95 bits per heavy atom. The maximum atomic E-state index is 12.2. The fourth-order valence-electron chi connectivity index (χ4n) is 2.05. The fraction of sp³-hybridized carbons (Fsp3) is 0.333. The summed E-state index contributed by atoms with van der Waals surface area (Å²) in [5.41, 5.74) is 1.68. The molecule has 0 saturated carbocycles. The van der Waals surface area contributed by atoms with Crippen molar-refractivity contribution in [3.63, 3.8) is 0 Å². The largest absolute Gasteiger partial charge is 0.289 e. The molecule has 0 atom stereocenters. The molecule has 1 aliphatic rings. The Morgan fingerprint density at radius 3 is 2.60 bits per heavy atom. The van der Waals surface area contributed by atoms with Gasteiger partial charge in [-0.2, -0.15) is 0 Å². The second-order valence-electron chi connectivity index (χ2n) is 4.37. The quantitative estimate of drug-likeness (QED) is 0.468. The molecule has 20 heavy (non-hydrogen) atoms. The summed E-state index contributed by atoms with van der Waals surface area (Å²) in [5, 5.41) is 8.33. The van der Waals surface area contributed by atoms with Crippen molar-refractivity contribution in [2.45, 2.75) is 24.2 Å². The zero-order valence-corrected chi connectivity index (χ0v) is 11.4. The van der Waals surface area contributed by atoms with E-state index in [2.05, 4.69) is 0 Å². The van der Waals surface area contributed by atoms with E-state index < -0.39 is 21.8 Å². The van der Waals surface area contributed by atoms with Crippen LogP contribution < -0.4 is 5.48 Å². The highest BCUT2D eigenvalue weighted by atomic mass is 32.2. The van der Waals surface area contributed by atoms with Crippen molar-refractivity contribution in [2.24, 2.45) is 0 Å². The molecule has 108 valence electrons.